The van der Waals surface area contributed by atoms with Gasteiger partial charge in [0.2, 0.25) is 5.88 Å². The summed E-state index contributed by atoms with van der Waals surface area (Å²) in [6, 6.07) is 7.85. The zero-order valence-electron chi connectivity index (χ0n) is 16.4. The molecule has 0 atom stereocenters. The third-order valence-corrected chi connectivity index (χ3v) is 5.99. The first-order valence-electron chi connectivity index (χ1n) is 9.38. The Bertz CT molecular complexity index is 1130. The van der Waals surface area contributed by atoms with E-state index in [-0.39, 0.29) is 5.75 Å². The average Bonchev–Trinajstić information content (AvgIpc) is 3.41. The number of nitrogens with zero attached hydrogens (tertiary/aromatic N) is 2. The van der Waals surface area contributed by atoms with Crippen LogP contribution in [-0.2, 0) is 22.6 Å². The number of hydrogen-bond donors (Lipinski definition) is 1. The van der Waals surface area contributed by atoms with Crippen molar-refractivity contribution in [2.24, 2.45) is 13.0 Å². The van der Waals surface area contributed by atoms with Crippen LogP contribution in [0.5, 0.6) is 5.88 Å². The molecular formula is C21H25N3O3S. The Labute approximate surface area is 165 Å². The van der Waals surface area contributed by atoms with Crippen LogP contribution >= 0.6 is 0 Å². The van der Waals surface area contributed by atoms with E-state index in [1.807, 2.05) is 35.9 Å². The molecule has 0 spiro atoms. The smallest absolute Gasteiger partial charge is 0.238 e. The molecule has 3 aromatic rings. The van der Waals surface area contributed by atoms with Gasteiger partial charge in [-0.2, -0.15) is 0 Å². The fourth-order valence-corrected chi connectivity index (χ4v) is 4.41. The number of aromatic nitrogens is 2. The van der Waals surface area contributed by atoms with Gasteiger partial charge in [-0.15, -0.1) is 0 Å². The number of ether oxygens (including phenoxy) is 1. The maximum atomic E-state index is 11.8. The van der Waals surface area contributed by atoms with E-state index in [2.05, 4.69) is 16.5 Å². The lowest BCUT2D eigenvalue weighted by Gasteiger charge is -2.14. The molecule has 2 heterocycles. The van der Waals surface area contributed by atoms with Gasteiger partial charge in [-0.3, -0.25) is 0 Å². The number of nitrogens with one attached hydrogen (secondary N) is 1. The van der Waals surface area contributed by atoms with Gasteiger partial charge in [-0.05, 0) is 42.5 Å². The van der Waals surface area contributed by atoms with Gasteiger partial charge in [-0.25, -0.2) is 13.4 Å². The SMILES string of the molecule is COc1nccc2c(-c3cc(CS(C)(=O)=O)ccc3NCC3CC3)cn(C)c12. The number of methoxy groups -OCH3 is 1. The lowest BCUT2D eigenvalue weighted by atomic mass is 10.0. The summed E-state index contributed by atoms with van der Waals surface area (Å²) in [6.45, 7) is 0.939. The van der Waals surface area contributed by atoms with Crippen LogP contribution in [0.4, 0.5) is 5.69 Å². The van der Waals surface area contributed by atoms with Crippen molar-refractivity contribution in [1.82, 2.24) is 9.55 Å². The Morgan fingerprint density at radius 1 is 1.25 bits per heavy atom. The van der Waals surface area contributed by atoms with Crippen molar-refractivity contribution in [2.45, 2.75) is 18.6 Å². The van der Waals surface area contributed by atoms with Gasteiger partial charge in [0.05, 0.1) is 12.9 Å². The van der Waals surface area contributed by atoms with E-state index in [1.54, 1.807) is 13.3 Å². The normalized spacial score (nSPS) is 14.4. The standard InChI is InChI=1S/C21H25N3O3S/c1-24-12-18(16-8-9-22-21(27-2)20(16)24)17-10-15(13-28(3,25)26)6-7-19(17)23-11-14-4-5-14/h6-10,12,14,23H,4-5,11,13H2,1-3H3. The number of rotatable bonds is 7. The first-order chi connectivity index (χ1) is 13.4. The second-order valence-electron chi connectivity index (χ2n) is 7.64. The summed E-state index contributed by atoms with van der Waals surface area (Å²) in [6.07, 6.45) is 7.59. The molecule has 0 unspecified atom stereocenters. The maximum absolute atomic E-state index is 11.8. The lowest BCUT2D eigenvalue weighted by molar-refractivity contribution is 0.401. The number of pyridine rings is 1. The van der Waals surface area contributed by atoms with Gasteiger partial charge in [-0.1, -0.05) is 6.07 Å². The highest BCUT2D eigenvalue weighted by atomic mass is 32.2. The summed E-state index contributed by atoms with van der Waals surface area (Å²) in [7, 11) is 0.473. The van der Waals surface area contributed by atoms with Crippen LogP contribution in [0.15, 0.2) is 36.7 Å². The second kappa shape index (κ2) is 7.13. The predicted octanol–water partition coefficient (Wildman–Crippen LogP) is 3.62. The Kier molecular flexibility index (Phi) is 4.79. The van der Waals surface area contributed by atoms with Crippen LogP contribution in [0.1, 0.15) is 18.4 Å². The van der Waals surface area contributed by atoms with E-state index in [0.29, 0.717) is 5.88 Å². The van der Waals surface area contributed by atoms with E-state index in [9.17, 15) is 8.42 Å². The van der Waals surface area contributed by atoms with Crippen molar-refractivity contribution < 1.29 is 13.2 Å². The van der Waals surface area contributed by atoms with Crippen LogP contribution in [0.25, 0.3) is 22.0 Å². The molecule has 148 valence electrons. The fraction of sp³-hybridized carbons (Fsp3) is 0.381. The molecule has 28 heavy (non-hydrogen) atoms. The minimum absolute atomic E-state index is 0.0263. The summed E-state index contributed by atoms with van der Waals surface area (Å²) in [5.41, 5.74) is 4.76. The third-order valence-electron chi connectivity index (χ3n) is 5.13. The van der Waals surface area contributed by atoms with Crippen molar-refractivity contribution in [2.75, 3.05) is 25.2 Å². The monoisotopic (exact) mass is 399 g/mol. The molecule has 7 heteroatoms. The lowest BCUT2D eigenvalue weighted by Crippen LogP contribution is -2.06. The van der Waals surface area contributed by atoms with Crippen molar-refractivity contribution in [3.63, 3.8) is 0 Å². The summed E-state index contributed by atoms with van der Waals surface area (Å²) in [5, 5.41) is 4.59. The summed E-state index contributed by atoms with van der Waals surface area (Å²) in [5.74, 6) is 1.34. The zero-order valence-corrected chi connectivity index (χ0v) is 17.2. The fourth-order valence-electron chi connectivity index (χ4n) is 3.62. The molecule has 0 saturated heterocycles. The van der Waals surface area contributed by atoms with Gasteiger partial charge in [0.15, 0.2) is 9.84 Å². The minimum Gasteiger partial charge on any atom is -0.479 e. The van der Waals surface area contributed by atoms with Gasteiger partial charge >= 0.3 is 0 Å². The van der Waals surface area contributed by atoms with E-state index in [0.717, 1.165) is 45.7 Å². The number of benzene rings is 1. The summed E-state index contributed by atoms with van der Waals surface area (Å²) in [4.78, 5) is 4.31. The average molecular weight is 400 g/mol. The zero-order chi connectivity index (χ0) is 19.9. The van der Waals surface area contributed by atoms with E-state index in [1.165, 1.54) is 19.1 Å². The quantitative estimate of drug-likeness (QED) is 0.657. The van der Waals surface area contributed by atoms with Crippen LogP contribution < -0.4 is 10.1 Å². The van der Waals surface area contributed by atoms with Gasteiger partial charge in [0, 0.05) is 54.4 Å². The molecular weight excluding hydrogens is 374 g/mol. The highest BCUT2D eigenvalue weighted by Gasteiger charge is 2.22. The number of hydrogen-bond acceptors (Lipinski definition) is 5. The molecule has 2 aromatic heterocycles. The first-order valence-corrected chi connectivity index (χ1v) is 11.4. The van der Waals surface area contributed by atoms with Crippen molar-refractivity contribution in [1.29, 1.82) is 0 Å². The molecule has 0 aliphatic heterocycles. The number of anilines is 1. The van der Waals surface area contributed by atoms with Crippen LogP contribution in [-0.4, -0.2) is 37.9 Å². The van der Waals surface area contributed by atoms with Crippen LogP contribution in [0.3, 0.4) is 0 Å². The molecule has 0 bridgehead atoms. The minimum atomic E-state index is -3.11. The topological polar surface area (TPSA) is 73.2 Å². The summed E-state index contributed by atoms with van der Waals surface area (Å²) < 4.78 is 31.1. The number of aryl methyl sites for hydroxylation is 1. The Balaban J connectivity index is 1.86. The van der Waals surface area contributed by atoms with Gasteiger partial charge in [0.1, 0.15) is 5.52 Å². The van der Waals surface area contributed by atoms with Crippen LogP contribution in [0, 0.1) is 5.92 Å². The number of sulfone groups is 1. The Hall–Kier alpha value is -2.54. The third kappa shape index (κ3) is 3.85. The predicted molar refractivity (Wildman–Crippen MR) is 112 cm³/mol. The van der Waals surface area contributed by atoms with E-state index >= 15 is 0 Å². The largest absolute Gasteiger partial charge is 0.479 e. The Morgan fingerprint density at radius 3 is 2.71 bits per heavy atom. The second-order valence-corrected chi connectivity index (χ2v) is 9.78. The molecule has 0 radical (unpaired) electrons. The van der Waals surface area contributed by atoms with Crippen molar-refractivity contribution >= 4 is 26.4 Å². The van der Waals surface area contributed by atoms with E-state index < -0.39 is 9.84 Å². The van der Waals surface area contributed by atoms with Crippen LogP contribution in [0.2, 0.25) is 0 Å². The molecule has 0 amide bonds. The summed E-state index contributed by atoms with van der Waals surface area (Å²) >= 11 is 0. The highest BCUT2D eigenvalue weighted by molar-refractivity contribution is 7.89. The van der Waals surface area contributed by atoms with Crippen molar-refractivity contribution in [3.05, 3.63) is 42.2 Å². The molecule has 4 rings (SSSR count). The van der Waals surface area contributed by atoms with Crippen molar-refractivity contribution in [3.8, 4) is 17.0 Å². The van der Waals surface area contributed by atoms with Gasteiger partial charge < -0.3 is 14.6 Å². The first kappa shape index (κ1) is 18.8. The molecule has 1 N–H and O–H groups in total. The molecule has 1 aliphatic rings. The highest BCUT2D eigenvalue weighted by Crippen LogP contribution is 2.39. The molecule has 1 aromatic carbocycles. The Morgan fingerprint density at radius 2 is 2.04 bits per heavy atom. The van der Waals surface area contributed by atoms with E-state index in [4.69, 9.17) is 4.74 Å². The van der Waals surface area contributed by atoms with Gasteiger partial charge in [0.25, 0.3) is 0 Å². The molecule has 1 fully saturated rings. The number of fused-ring (bicyclic) bond motifs is 1. The maximum Gasteiger partial charge on any atom is 0.238 e. The molecule has 1 aliphatic carbocycles. The molecule has 6 nitrogen and oxygen atoms in total. The molecule has 1 saturated carbocycles.